The molecule has 0 saturated carbocycles. The molecule has 0 aliphatic rings. The third kappa shape index (κ3) is 4.96. The molecule has 0 radical (unpaired) electrons. The van der Waals surface area contributed by atoms with E-state index in [1.54, 1.807) is 55.4 Å². The van der Waals surface area contributed by atoms with Crippen molar-refractivity contribution in [2.24, 2.45) is 0 Å². The van der Waals surface area contributed by atoms with Crippen molar-refractivity contribution in [2.45, 2.75) is 43.9 Å². The van der Waals surface area contributed by atoms with Crippen LogP contribution in [0.2, 0.25) is 0 Å². The highest BCUT2D eigenvalue weighted by Crippen LogP contribution is 2.32. The molecule has 4 rings (SSSR count). The van der Waals surface area contributed by atoms with E-state index in [0.717, 1.165) is 26.9 Å². The molecule has 4 aromatic rings. The molecule has 0 atom stereocenters. The fraction of sp³-hybridized carbons (Fsp3) is 0.240. The first kappa shape index (κ1) is 23.1. The number of anilines is 1. The summed E-state index contributed by atoms with van der Waals surface area (Å²) in [6.07, 6.45) is 3.57. The number of benzene rings is 2. The number of rotatable bonds is 7. The number of pyridine rings is 1. The van der Waals surface area contributed by atoms with Crippen LogP contribution < -0.4 is 4.90 Å². The minimum atomic E-state index is -3.35. The molecule has 8 heteroatoms. The summed E-state index contributed by atoms with van der Waals surface area (Å²) in [6, 6.07) is 16.3. The number of thiazole rings is 1. The first-order valence-corrected chi connectivity index (χ1v) is 13.0. The molecule has 6 nitrogen and oxygen atoms in total. The second-order valence-electron chi connectivity index (χ2n) is 8.17. The lowest BCUT2D eigenvalue weighted by atomic mass is 10.1. The molecule has 0 saturated heterocycles. The highest BCUT2D eigenvalue weighted by Gasteiger charge is 2.22. The summed E-state index contributed by atoms with van der Waals surface area (Å²) in [6.45, 7) is 5.67. The van der Waals surface area contributed by atoms with Crippen molar-refractivity contribution in [3.8, 4) is 0 Å². The molecule has 0 bridgehead atoms. The quantitative estimate of drug-likeness (QED) is 0.374. The Labute approximate surface area is 197 Å². The van der Waals surface area contributed by atoms with E-state index in [2.05, 4.69) is 4.98 Å². The minimum absolute atomic E-state index is 0.116. The number of aryl methyl sites for hydroxylation is 1. The van der Waals surface area contributed by atoms with Crippen LogP contribution in [-0.4, -0.2) is 29.5 Å². The van der Waals surface area contributed by atoms with E-state index in [1.165, 1.54) is 11.3 Å². The Morgan fingerprint density at radius 3 is 2.42 bits per heavy atom. The van der Waals surface area contributed by atoms with Crippen molar-refractivity contribution in [3.63, 3.8) is 0 Å². The summed E-state index contributed by atoms with van der Waals surface area (Å²) in [5, 5.41) is 0.134. The van der Waals surface area contributed by atoms with E-state index in [1.807, 2.05) is 37.3 Å². The van der Waals surface area contributed by atoms with E-state index < -0.39 is 15.1 Å². The lowest BCUT2D eigenvalue weighted by Gasteiger charge is -2.20. The van der Waals surface area contributed by atoms with Gasteiger partial charge in [0.2, 0.25) is 5.91 Å². The Morgan fingerprint density at radius 1 is 1.03 bits per heavy atom. The van der Waals surface area contributed by atoms with Gasteiger partial charge in [-0.25, -0.2) is 13.4 Å². The number of aromatic nitrogens is 2. The van der Waals surface area contributed by atoms with Gasteiger partial charge in [0.15, 0.2) is 15.0 Å². The number of carbonyl (C=O) groups excluding carboxylic acids is 1. The summed E-state index contributed by atoms with van der Waals surface area (Å²) < 4.78 is 25.8. The van der Waals surface area contributed by atoms with Gasteiger partial charge in [-0.05, 0) is 61.7 Å². The van der Waals surface area contributed by atoms with Gasteiger partial charge in [0.05, 0.1) is 33.3 Å². The normalized spacial score (nSPS) is 11.8. The number of nitrogens with zero attached hydrogens (tertiary/aromatic N) is 3. The summed E-state index contributed by atoms with van der Waals surface area (Å²) in [4.78, 5) is 24.3. The number of para-hydroxylation sites is 1. The van der Waals surface area contributed by atoms with Crippen molar-refractivity contribution in [2.75, 3.05) is 4.90 Å². The van der Waals surface area contributed by atoms with Crippen LogP contribution >= 0.6 is 11.3 Å². The molecule has 0 aliphatic carbocycles. The molecule has 2 aromatic heterocycles. The number of amides is 1. The van der Waals surface area contributed by atoms with E-state index in [-0.39, 0.29) is 17.2 Å². The highest BCUT2D eigenvalue weighted by atomic mass is 32.2. The molecule has 2 aromatic carbocycles. The van der Waals surface area contributed by atoms with Crippen molar-refractivity contribution in [1.29, 1.82) is 0 Å². The molecule has 0 spiro atoms. The SMILES string of the molecule is Cc1cccc2sc(N(Cc3cccnc3)C(=O)Cc3ccc(S(=O)(=O)C(C)C)cc3)nc12. The first-order chi connectivity index (χ1) is 15.8. The minimum Gasteiger partial charge on any atom is -0.283 e. The van der Waals surface area contributed by atoms with Crippen molar-refractivity contribution < 1.29 is 13.2 Å². The lowest BCUT2D eigenvalue weighted by Crippen LogP contribution is -2.31. The Hall–Kier alpha value is -3.10. The molecule has 0 unspecified atom stereocenters. The molecule has 33 heavy (non-hydrogen) atoms. The van der Waals surface area contributed by atoms with Gasteiger partial charge in [-0.3, -0.25) is 14.7 Å². The Balaban J connectivity index is 1.64. The zero-order chi connectivity index (χ0) is 23.6. The molecule has 0 N–H and O–H groups in total. The van der Waals surface area contributed by atoms with E-state index in [0.29, 0.717) is 11.7 Å². The first-order valence-electron chi connectivity index (χ1n) is 10.6. The predicted octanol–water partition coefficient (Wildman–Crippen LogP) is 4.96. The number of sulfone groups is 1. The van der Waals surface area contributed by atoms with E-state index in [9.17, 15) is 13.2 Å². The van der Waals surface area contributed by atoms with Crippen LogP contribution in [0, 0.1) is 6.92 Å². The Morgan fingerprint density at radius 2 is 1.79 bits per heavy atom. The highest BCUT2D eigenvalue weighted by molar-refractivity contribution is 7.92. The molecule has 1 amide bonds. The van der Waals surface area contributed by atoms with Crippen LogP contribution in [0.3, 0.4) is 0 Å². The second kappa shape index (κ2) is 9.41. The maximum Gasteiger partial charge on any atom is 0.233 e. The van der Waals surface area contributed by atoms with Gasteiger partial charge in [0.1, 0.15) is 0 Å². The van der Waals surface area contributed by atoms with Crippen molar-refractivity contribution >= 4 is 42.4 Å². The molecular formula is C25H25N3O3S2. The van der Waals surface area contributed by atoms with Crippen molar-refractivity contribution in [1.82, 2.24) is 9.97 Å². The zero-order valence-corrected chi connectivity index (χ0v) is 20.4. The number of hydrogen-bond donors (Lipinski definition) is 0. The van der Waals surface area contributed by atoms with Gasteiger partial charge in [-0.1, -0.05) is 41.7 Å². The maximum absolute atomic E-state index is 13.4. The fourth-order valence-corrected chi connectivity index (χ4v) is 5.59. The lowest BCUT2D eigenvalue weighted by molar-refractivity contribution is -0.118. The van der Waals surface area contributed by atoms with Gasteiger partial charge in [-0.2, -0.15) is 0 Å². The average molecular weight is 480 g/mol. The van der Waals surface area contributed by atoms with Gasteiger partial charge in [0.25, 0.3) is 0 Å². The van der Waals surface area contributed by atoms with E-state index in [4.69, 9.17) is 4.98 Å². The summed E-state index contributed by atoms with van der Waals surface area (Å²) >= 11 is 1.48. The second-order valence-corrected chi connectivity index (χ2v) is 11.7. The van der Waals surface area contributed by atoms with Crippen LogP contribution in [0.15, 0.2) is 71.9 Å². The standard InChI is InChI=1S/C25H25N3O3S2/c1-17(2)33(30,31)21-11-9-19(10-12-21)14-23(29)28(16-20-7-5-13-26-15-20)25-27-24-18(3)6-4-8-22(24)32-25/h4-13,15,17H,14,16H2,1-3H3. The number of carbonyl (C=O) groups is 1. The van der Waals surface area contributed by atoms with Crippen LogP contribution in [0.25, 0.3) is 10.2 Å². The van der Waals surface area contributed by atoms with Crippen LogP contribution in [-0.2, 0) is 27.6 Å². The largest absolute Gasteiger partial charge is 0.283 e. The zero-order valence-electron chi connectivity index (χ0n) is 18.7. The summed E-state index contributed by atoms with van der Waals surface area (Å²) in [5.41, 5.74) is 3.60. The maximum atomic E-state index is 13.4. The third-order valence-corrected chi connectivity index (χ3v) is 8.65. The van der Waals surface area contributed by atoms with Gasteiger partial charge in [-0.15, -0.1) is 0 Å². The number of hydrogen-bond acceptors (Lipinski definition) is 6. The van der Waals surface area contributed by atoms with Gasteiger partial charge >= 0.3 is 0 Å². The fourth-order valence-electron chi connectivity index (χ4n) is 3.47. The smallest absolute Gasteiger partial charge is 0.233 e. The van der Waals surface area contributed by atoms with Crippen LogP contribution in [0.5, 0.6) is 0 Å². The molecular weight excluding hydrogens is 454 g/mol. The Kier molecular flexibility index (Phi) is 6.58. The van der Waals surface area contributed by atoms with E-state index >= 15 is 0 Å². The van der Waals surface area contributed by atoms with Crippen LogP contribution in [0.4, 0.5) is 5.13 Å². The van der Waals surface area contributed by atoms with Gasteiger partial charge < -0.3 is 0 Å². The summed E-state index contributed by atoms with van der Waals surface area (Å²) in [7, 11) is -3.35. The van der Waals surface area contributed by atoms with Crippen LogP contribution in [0.1, 0.15) is 30.5 Å². The molecule has 0 aliphatic heterocycles. The number of fused-ring (bicyclic) bond motifs is 1. The summed E-state index contributed by atoms with van der Waals surface area (Å²) in [5.74, 6) is -0.116. The average Bonchev–Trinajstić information content (AvgIpc) is 3.24. The molecule has 2 heterocycles. The van der Waals surface area contributed by atoms with Gasteiger partial charge in [0, 0.05) is 12.4 Å². The topological polar surface area (TPSA) is 80.2 Å². The Bertz CT molecular complexity index is 1380. The third-order valence-electron chi connectivity index (χ3n) is 5.43. The monoisotopic (exact) mass is 479 g/mol. The molecule has 0 fully saturated rings. The predicted molar refractivity (Wildman–Crippen MR) is 132 cm³/mol. The molecule has 170 valence electrons. The van der Waals surface area contributed by atoms with Crippen molar-refractivity contribution in [3.05, 3.63) is 83.7 Å².